The van der Waals surface area contributed by atoms with Crippen LogP contribution in [0.25, 0.3) is 0 Å². The van der Waals surface area contributed by atoms with Crippen molar-refractivity contribution in [1.29, 1.82) is 0 Å². The molecular weight excluding hydrogens is 227 g/mol. The van der Waals surface area contributed by atoms with E-state index < -0.39 is 11.8 Å². The average molecular weight is 242 g/mol. The zero-order valence-corrected chi connectivity index (χ0v) is 9.83. The molecule has 1 aromatic carbocycles. The minimum Gasteiger partial charge on any atom is -0.496 e. The standard InChI is InChI=1S/C12H15FO4/c1-16-9-6-7-10(17-2)12(13)8(9)4-3-5-11(14)15/h6-7H,3-5H2,1-2H3,(H,14,15). The highest BCUT2D eigenvalue weighted by Gasteiger charge is 2.14. The quantitative estimate of drug-likeness (QED) is 0.831. The van der Waals surface area contributed by atoms with E-state index in [-0.39, 0.29) is 12.2 Å². The highest BCUT2D eigenvalue weighted by Crippen LogP contribution is 2.30. The van der Waals surface area contributed by atoms with E-state index in [1.54, 1.807) is 6.07 Å². The SMILES string of the molecule is COc1ccc(OC)c(CCCC(=O)O)c1F. The molecule has 0 bridgehead atoms. The molecule has 94 valence electrons. The van der Waals surface area contributed by atoms with E-state index in [1.807, 2.05) is 0 Å². The van der Waals surface area contributed by atoms with Crippen molar-refractivity contribution in [1.82, 2.24) is 0 Å². The zero-order valence-electron chi connectivity index (χ0n) is 9.83. The van der Waals surface area contributed by atoms with Crippen molar-refractivity contribution < 1.29 is 23.8 Å². The van der Waals surface area contributed by atoms with Crippen LogP contribution in [0, 0.1) is 5.82 Å². The van der Waals surface area contributed by atoms with Gasteiger partial charge in [0.15, 0.2) is 11.6 Å². The number of carbonyl (C=O) groups is 1. The fourth-order valence-corrected chi connectivity index (χ4v) is 1.58. The van der Waals surface area contributed by atoms with Crippen molar-refractivity contribution in [2.45, 2.75) is 19.3 Å². The molecule has 0 spiro atoms. The van der Waals surface area contributed by atoms with Gasteiger partial charge >= 0.3 is 5.97 Å². The van der Waals surface area contributed by atoms with Crippen molar-refractivity contribution in [3.63, 3.8) is 0 Å². The monoisotopic (exact) mass is 242 g/mol. The number of carboxylic acid groups (broad SMARTS) is 1. The van der Waals surface area contributed by atoms with Gasteiger partial charge in [0.1, 0.15) is 5.75 Å². The van der Waals surface area contributed by atoms with E-state index in [0.717, 1.165) is 0 Å². The fourth-order valence-electron chi connectivity index (χ4n) is 1.58. The summed E-state index contributed by atoms with van der Waals surface area (Å²) in [7, 11) is 2.83. The van der Waals surface area contributed by atoms with Gasteiger partial charge in [-0.2, -0.15) is 0 Å². The summed E-state index contributed by atoms with van der Waals surface area (Å²) in [6, 6.07) is 3.09. The summed E-state index contributed by atoms with van der Waals surface area (Å²) in [5.41, 5.74) is 0.355. The van der Waals surface area contributed by atoms with Gasteiger partial charge in [0, 0.05) is 12.0 Å². The summed E-state index contributed by atoms with van der Waals surface area (Å²) in [5.74, 6) is -0.839. The minimum atomic E-state index is -0.896. The number of rotatable bonds is 6. The van der Waals surface area contributed by atoms with Gasteiger partial charge in [0.05, 0.1) is 14.2 Å². The molecule has 17 heavy (non-hydrogen) atoms. The van der Waals surface area contributed by atoms with E-state index in [4.69, 9.17) is 14.6 Å². The number of carboxylic acids is 1. The van der Waals surface area contributed by atoms with Crippen LogP contribution in [0.4, 0.5) is 4.39 Å². The van der Waals surface area contributed by atoms with Crippen LogP contribution in [-0.4, -0.2) is 25.3 Å². The van der Waals surface area contributed by atoms with Crippen LogP contribution in [0.3, 0.4) is 0 Å². The molecule has 0 unspecified atom stereocenters. The lowest BCUT2D eigenvalue weighted by Crippen LogP contribution is -2.01. The van der Waals surface area contributed by atoms with Crippen LogP contribution in [-0.2, 0) is 11.2 Å². The van der Waals surface area contributed by atoms with Crippen LogP contribution in [0.5, 0.6) is 11.5 Å². The van der Waals surface area contributed by atoms with Crippen LogP contribution in [0.2, 0.25) is 0 Å². The molecule has 0 heterocycles. The van der Waals surface area contributed by atoms with E-state index in [9.17, 15) is 9.18 Å². The highest BCUT2D eigenvalue weighted by atomic mass is 19.1. The molecule has 0 aliphatic rings. The van der Waals surface area contributed by atoms with Crippen molar-refractivity contribution in [2.24, 2.45) is 0 Å². The van der Waals surface area contributed by atoms with Gasteiger partial charge in [-0.25, -0.2) is 4.39 Å². The van der Waals surface area contributed by atoms with Crippen LogP contribution in [0.1, 0.15) is 18.4 Å². The predicted molar refractivity (Wildman–Crippen MR) is 60.1 cm³/mol. The van der Waals surface area contributed by atoms with Gasteiger partial charge in [-0.05, 0) is 25.0 Å². The van der Waals surface area contributed by atoms with E-state index in [0.29, 0.717) is 24.2 Å². The molecule has 0 aliphatic heterocycles. The topological polar surface area (TPSA) is 55.8 Å². The number of ether oxygens (including phenoxy) is 2. The Morgan fingerprint density at radius 3 is 2.41 bits per heavy atom. The second-order valence-corrected chi connectivity index (χ2v) is 3.51. The maximum absolute atomic E-state index is 13.9. The Balaban J connectivity index is 2.89. The zero-order chi connectivity index (χ0) is 12.8. The summed E-state index contributed by atoms with van der Waals surface area (Å²) in [4.78, 5) is 10.4. The lowest BCUT2D eigenvalue weighted by atomic mass is 10.1. The first kappa shape index (κ1) is 13.3. The van der Waals surface area contributed by atoms with Crippen LogP contribution >= 0.6 is 0 Å². The van der Waals surface area contributed by atoms with Crippen molar-refractivity contribution in [3.8, 4) is 11.5 Å². The number of benzene rings is 1. The van der Waals surface area contributed by atoms with Gasteiger partial charge in [-0.15, -0.1) is 0 Å². The Bertz CT molecular complexity index is 404. The smallest absolute Gasteiger partial charge is 0.303 e. The number of hydrogen-bond acceptors (Lipinski definition) is 3. The number of halogens is 1. The Morgan fingerprint density at radius 2 is 1.88 bits per heavy atom. The molecule has 1 N–H and O–H groups in total. The first-order chi connectivity index (χ1) is 8.10. The van der Waals surface area contributed by atoms with Crippen molar-refractivity contribution >= 4 is 5.97 Å². The second-order valence-electron chi connectivity index (χ2n) is 3.51. The molecule has 1 aromatic rings. The van der Waals surface area contributed by atoms with E-state index in [1.165, 1.54) is 20.3 Å². The lowest BCUT2D eigenvalue weighted by Gasteiger charge is -2.11. The second kappa shape index (κ2) is 6.08. The minimum absolute atomic E-state index is 0.000194. The third-order valence-corrected chi connectivity index (χ3v) is 2.42. The summed E-state index contributed by atoms with van der Waals surface area (Å²) < 4.78 is 23.8. The van der Waals surface area contributed by atoms with E-state index in [2.05, 4.69) is 0 Å². The number of hydrogen-bond donors (Lipinski definition) is 1. The predicted octanol–water partition coefficient (Wildman–Crippen LogP) is 2.25. The third kappa shape index (κ3) is 3.34. The summed E-state index contributed by atoms with van der Waals surface area (Å²) >= 11 is 0. The Hall–Kier alpha value is -1.78. The highest BCUT2D eigenvalue weighted by molar-refractivity contribution is 5.66. The maximum Gasteiger partial charge on any atom is 0.303 e. The molecule has 0 aromatic heterocycles. The summed E-state index contributed by atoms with van der Waals surface area (Å²) in [6.45, 7) is 0. The van der Waals surface area contributed by atoms with Crippen molar-refractivity contribution in [2.75, 3.05) is 14.2 Å². The normalized spacial score (nSPS) is 10.1. The maximum atomic E-state index is 13.9. The molecule has 0 fully saturated rings. The number of methoxy groups -OCH3 is 2. The molecule has 0 saturated heterocycles. The third-order valence-electron chi connectivity index (χ3n) is 2.42. The largest absolute Gasteiger partial charge is 0.496 e. The van der Waals surface area contributed by atoms with Crippen LogP contribution < -0.4 is 9.47 Å². The van der Waals surface area contributed by atoms with Gasteiger partial charge in [-0.3, -0.25) is 4.79 Å². The summed E-state index contributed by atoms with van der Waals surface area (Å²) in [5, 5.41) is 8.54. The molecule has 0 amide bonds. The van der Waals surface area contributed by atoms with Gasteiger partial charge in [0.2, 0.25) is 0 Å². The lowest BCUT2D eigenvalue weighted by molar-refractivity contribution is -0.137. The molecule has 0 atom stereocenters. The Labute approximate surface area is 99.0 Å². The Kier molecular flexibility index (Phi) is 4.75. The Morgan fingerprint density at radius 1 is 1.29 bits per heavy atom. The molecule has 1 rings (SSSR count). The first-order valence-electron chi connectivity index (χ1n) is 5.21. The number of aliphatic carboxylic acids is 1. The average Bonchev–Trinajstić information content (AvgIpc) is 2.30. The molecule has 0 radical (unpaired) electrons. The molecule has 4 nitrogen and oxygen atoms in total. The fraction of sp³-hybridized carbons (Fsp3) is 0.417. The van der Waals surface area contributed by atoms with Crippen molar-refractivity contribution in [3.05, 3.63) is 23.5 Å². The van der Waals surface area contributed by atoms with Gasteiger partial charge in [-0.1, -0.05) is 0 Å². The summed E-state index contributed by atoms with van der Waals surface area (Å²) in [6.07, 6.45) is 0.661. The molecular formula is C12H15FO4. The van der Waals surface area contributed by atoms with Crippen LogP contribution in [0.15, 0.2) is 12.1 Å². The molecule has 5 heteroatoms. The first-order valence-corrected chi connectivity index (χ1v) is 5.21. The molecule has 0 aliphatic carbocycles. The van der Waals surface area contributed by atoms with E-state index >= 15 is 0 Å². The molecule has 0 saturated carbocycles. The van der Waals surface area contributed by atoms with Gasteiger partial charge < -0.3 is 14.6 Å². The van der Waals surface area contributed by atoms with Gasteiger partial charge in [0.25, 0.3) is 0 Å².